The second kappa shape index (κ2) is 10.6. The molecule has 5 aromatic carbocycles. The number of benzene rings is 5. The minimum atomic E-state index is -0.239. The van der Waals surface area contributed by atoms with Crippen molar-refractivity contribution in [3.8, 4) is 11.1 Å². The molecule has 0 atom stereocenters. The summed E-state index contributed by atoms with van der Waals surface area (Å²) in [4.78, 5) is 7.21. The first-order chi connectivity index (χ1) is 21.0. The molecular weight excluding hydrogens is 520 g/mol. The predicted octanol–water partition coefficient (Wildman–Crippen LogP) is 11.3. The highest BCUT2D eigenvalue weighted by molar-refractivity contribution is 6.19. The lowest BCUT2D eigenvalue weighted by atomic mass is 9.73. The molecule has 0 amide bonds. The lowest BCUT2D eigenvalue weighted by Crippen LogP contribution is -2.31. The van der Waals surface area contributed by atoms with Crippen LogP contribution in [0.1, 0.15) is 37.5 Å². The number of allylic oxidation sites excluding steroid dienone is 5. The van der Waals surface area contributed by atoms with Crippen molar-refractivity contribution in [3.63, 3.8) is 0 Å². The maximum Gasteiger partial charge on any atom is 0.141 e. The second-order valence-corrected chi connectivity index (χ2v) is 11.6. The summed E-state index contributed by atoms with van der Waals surface area (Å²) < 4.78 is 0. The van der Waals surface area contributed by atoms with Gasteiger partial charge >= 0.3 is 0 Å². The molecule has 0 unspecified atom stereocenters. The summed E-state index contributed by atoms with van der Waals surface area (Å²) in [5.74, 6) is 0.990. The number of rotatable bonds is 5. The van der Waals surface area contributed by atoms with Gasteiger partial charge in [-0.2, -0.15) is 0 Å². The molecule has 1 aromatic heterocycles. The number of fused-ring (bicyclic) bond motifs is 4. The van der Waals surface area contributed by atoms with Gasteiger partial charge in [0.1, 0.15) is 5.82 Å². The molecule has 1 aliphatic heterocycles. The number of nitrogens with zero attached hydrogens (tertiary/aromatic N) is 2. The molecule has 0 saturated carbocycles. The van der Waals surface area contributed by atoms with Gasteiger partial charge < -0.3 is 0 Å². The van der Waals surface area contributed by atoms with Gasteiger partial charge in [-0.3, -0.25) is 4.90 Å². The normalized spacial score (nSPS) is 14.2. The number of anilines is 3. The van der Waals surface area contributed by atoms with E-state index < -0.39 is 0 Å². The third kappa shape index (κ3) is 4.21. The van der Waals surface area contributed by atoms with Crippen LogP contribution < -0.4 is 4.90 Å². The van der Waals surface area contributed by atoms with E-state index >= 15 is 0 Å². The van der Waals surface area contributed by atoms with E-state index in [0.717, 1.165) is 17.1 Å². The Labute approximate surface area is 254 Å². The topological polar surface area (TPSA) is 16.1 Å². The third-order valence-corrected chi connectivity index (χ3v) is 8.75. The van der Waals surface area contributed by atoms with Crippen LogP contribution in [0.25, 0.3) is 38.2 Å². The van der Waals surface area contributed by atoms with Gasteiger partial charge in [-0.1, -0.05) is 124 Å². The molecular formula is C41H34N2. The molecule has 2 heterocycles. The fourth-order valence-electron chi connectivity index (χ4n) is 6.83. The van der Waals surface area contributed by atoms with Crippen LogP contribution in [0.2, 0.25) is 0 Å². The highest BCUT2D eigenvalue weighted by Crippen LogP contribution is 2.52. The van der Waals surface area contributed by atoms with Gasteiger partial charge in [0, 0.05) is 22.9 Å². The van der Waals surface area contributed by atoms with Gasteiger partial charge in [-0.05, 0) is 86.6 Å². The van der Waals surface area contributed by atoms with Gasteiger partial charge in [0.25, 0.3) is 0 Å². The van der Waals surface area contributed by atoms with E-state index in [1.807, 2.05) is 12.3 Å². The quantitative estimate of drug-likeness (QED) is 0.156. The Balaban J connectivity index is 1.55. The Bertz CT molecular complexity index is 2020. The Morgan fingerprint density at radius 1 is 0.744 bits per heavy atom. The zero-order valence-electron chi connectivity index (χ0n) is 24.9. The average Bonchev–Trinajstić information content (AvgIpc) is 3.04. The lowest BCUT2D eigenvalue weighted by Gasteiger charge is -2.41. The molecule has 2 heteroatoms. The Kier molecular flexibility index (Phi) is 6.55. The van der Waals surface area contributed by atoms with Crippen molar-refractivity contribution in [2.45, 2.75) is 26.2 Å². The fraction of sp³-hybridized carbons (Fsp3) is 0.0976. The maximum atomic E-state index is 4.90. The maximum absolute atomic E-state index is 4.90. The van der Waals surface area contributed by atoms with E-state index in [9.17, 15) is 0 Å². The predicted molar refractivity (Wildman–Crippen MR) is 184 cm³/mol. The van der Waals surface area contributed by atoms with E-state index in [1.54, 1.807) is 0 Å². The van der Waals surface area contributed by atoms with Crippen LogP contribution in [0.4, 0.5) is 17.2 Å². The Morgan fingerprint density at radius 2 is 1.40 bits per heavy atom. The van der Waals surface area contributed by atoms with E-state index in [0.29, 0.717) is 0 Å². The molecule has 0 saturated heterocycles. The van der Waals surface area contributed by atoms with Crippen LogP contribution in [0.3, 0.4) is 0 Å². The third-order valence-electron chi connectivity index (χ3n) is 8.75. The first kappa shape index (κ1) is 26.7. The van der Waals surface area contributed by atoms with Gasteiger partial charge in [0.05, 0.1) is 5.69 Å². The molecule has 43 heavy (non-hydrogen) atoms. The minimum Gasteiger partial charge on any atom is -0.294 e. The van der Waals surface area contributed by atoms with Crippen LogP contribution >= 0.6 is 0 Å². The zero-order chi connectivity index (χ0) is 29.6. The molecule has 0 radical (unpaired) electrons. The summed E-state index contributed by atoms with van der Waals surface area (Å²) >= 11 is 0. The Morgan fingerprint density at radius 3 is 2.05 bits per heavy atom. The van der Waals surface area contributed by atoms with Crippen LogP contribution in [0.15, 0.2) is 146 Å². The minimum absolute atomic E-state index is 0.239. The van der Waals surface area contributed by atoms with Crippen molar-refractivity contribution in [2.75, 3.05) is 4.90 Å². The van der Waals surface area contributed by atoms with E-state index in [4.69, 9.17) is 4.98 Å². The van der Waals surface area contributed by atoms with E-state index in [2.05, 4.69) is 160 Å². The molecule has 208 valence electrons. The summed E-state index contributed by atoms with van der Waals surface area (Å²) in [6.07, 6.45) is 10.2. The van der Waals surface area contributed by atoms with Gasteiger partial charge in [0.2, 0.25) is 0 Å². The number of para-hydroxylation sites is 1. The number of pyridine rings is 1. The van der Waals surface area contributed by atoms with Crippen molar-refractivity contribution < 1.29 is 0 Å². The van der Waals surface area contributed by atoms with Gasteiger partial charge in [-0.15, -0.1) is 0 Å². The van der Waals surface area contributed by atoms with Crippen molar-refractivity contribution in [2.24, 2.45) is 0 Å². The number of hydrogen-bond acceptors (Lipinski definition) is 2. The second-order valence-electron chi connectivity index (χ2n) is 11.6. The van der Waals surface area contributed by atoms with Crippen molar-refractivity contribution in [1.82, 2.24) is 4.98 Å². The average molecular weight is 555 g/mol. The SMILES string of the molecule is C=C/C=C(\C=C/C)c1c2ccccc2c(-c2ccc3c(c2)C(C)(C)c2cccnc2N3c2ccccc2)c2ccccc12. The molecule has 1 aliphatic rings. The fourth-order valence-corrected chi connectivity index (χ4v) is 6.83. The first-order valence-electron chi connectivity index (χ1n) is 14.9. The summed E-state index contributed by atoms with van der Waals surface area (Å²) in [5.41, 5.74) is 9.41. The molecule has 0 aliphatic carbocycles. The van der Waals surface area contributed by atoms with Crippen LogP contribution in [-0.4, -0.2) is 4.98 Å². The smallest absolute Gasteiger partial charge is 0.141 e. The standard InChI is InChI=1S/C41H34N2/c1-5-15-28(16-6-2)38-31-19-10-12-21-33(31)39(34-22-13-11-20-32(34)38)29-24-25-37-36(27-29)41(3,4)35-23-14-26-42-40(35)43(37)30-17-8-7-9-18-30/h5-27H,1H2,2-4H3/b16-6-,28-15+. The summed E-state index contributed by atoms with van der Waals surface area (Å²) in [6, 6.07) is 39.5. The number of aromatic nitrogens is 1. The first-order valence-corrected chi connectivity index (χ1v) is 14.9. The van der Waals surface area contributed by atoms with Crippen LogP contribution in [-0.2, 0) is 5.41 Å². The molecule has 0 fully saturated rings. The monoisotopic (exact) mass is 554 g/mol. The molecule has 2 nitrogen and oxygen atoms in total. The van der Waals surface area contributed by atoms with Crippen molar-refractivity contribution in [1.29, 1.82) is 0 Å². The highest BCUT2D eigenvalue weighted by atomic mass is 15.2. The van der Waals surface area contributed by atoms with Gasteiger partial charge in [-0.25, -0.2) is 4.98 Å². The van der Waals surface area contributed by atoms with Crippen LogP contribution in [0, 0.1) is 0 Å². The van der Waals surface area contributed by atoms with Crippen LogP contribution in [0.5, 0.6) is 0 Å². The summed E-state index contributed by atoms with van der Waals surface area (Å²) in [6.45, 7) is 10.7. The molecule has 7 rings (SSSR count). The van der Waals surface area contributed by atoms with Gasteiger partial charge in [0.15, 0.2) is 0 Å². The lowest BCUT2D eigenvalue weighted by molar-refractivity contribution is 0.628. The molecule has 0 N–H and O–H groups in total. The van der Waals surface area contributed by atoms with E-state index in [-0.39, 0.29) is 5.41 Å². The molecule has 6 aromatic rings. The number of hydrogen-bond donors (Lipinski definition) is 0. The molecule has 0 bridgehead atoms. The molecule has 0 spiro atoms. The highest BCUT2D eigenvalue weighted by Gasteiger charge is 2.38. The van der Waals surface area contributed by atoms with Crippen molar-refractivity contribution >= 4 is 44.3 Å². The van der Waals surface area contributed by atoms with Crippen molar-refractivity contribution in [3.05, 3.63) is 163 Å². The zero-order valence-corrected chi connectivity index (χ0v) is 24.9. The summed E-state index contributed by atoms with van der Waals surface area (Å²) in [5, 5.41) is 4.96. The largest absolute Gasteiger partial charge is 0.294 e. The summed E-state index contributed by atoms with van der Waals surface area (Å²) in [7, 11) is 0. The van der Waals surface area contributed by atoms with E-state index in [1.165, 1.54) is 55.0 Å². The Hall–Kier alpha value is -5.21.